The van der Waals surface area contributed by atoms with E-state index in [1.54, 1.807) is 6.08 Å². The largest absolute Gasteiger partial charge is 0.445 e. The minimum atomic E-state index is -1.33. The van der Waals surface area contributed by atoms with E-state index in [1.165, 1.54) is 6.08 Å². The van der Waals surface area contributed by atoms with Gasteiger partial charge in [0.1, 0.15) is 0 Å². The Kier molecular flexibility index (Phi) is 6.39. The number of epoxide rings is 1. The van der Waals surface area contributed by atoms with Crippen LogP contribution in [0.4, 0.5) is 0 Å². The highest BCUT2D eigenvalue weighted by Gasteiger charge is 2.78. The van der Waals surface area contributed by atoms with Gasteiger partial charge in [-0.25, -0.2) is 4.79 Å². The number of allylic oxidation sites excluding steroid dienone is 1. The lowest BCUT2D eigenvalue weighted by molar-refractivity contribution is -0.177. The lowest BCUT2D eigenvalue weighted by Crippen LogP contribution is -2.61. The van der Waals surface area contributed by atoms with Crippen LogP contribution in [0.15, 0.2) is 54.6 Å². The smallest absolute Gasteiger partial charge is 0.331 e. The Morgan fingerprint density at radius 1 is 1.09 bits per heavy atom. The molecule has 1 saturated carbocycles. The second-order valence-electron chi connectivity index (χ2n) is 11.2. The molecule has 6 nitrogen and oxygen atoms in total. The van der Waals surface area contributed by atoms with E-state index in [9.17, 15) is 14.7 Å². The number of rotatable bonds is 2. The number of aliphatic hydroxyl groups is 1. The molecule has 9 atom stereocenters. The highest BCUT2D eigenvalue weighted by Crippen LogP contribution is 2.63. The maximum Gasteiger partial charge on any atom is 0.331 e. The van der Waals surface area contributed by atoms with Gasteiger partial charge in [0.2, 0.25) is 5.60 Å². The van der Waals surface area contributed by atoms with E-state index in [0.29, 0.717) is 25.2 Å². The number of ether oxygens (including phenoxy) is 2. The van der Waals surface area contributed by atoms with Crippen molar-refractivity contribution in [2.24, 2.45) is 23.7 Å². The molecule has 1 aromatic rings. The summed E-state index contributed by atoms with van der Waals surface area (Å²) < 4.78 is 12.5. The molecule has 4 aliphatic rings. The number of hydrogen-bond acceptors (Lipinski definition) is 5. The molecule has 6 heteroatoms. The molecule has 0 bridgehead atoms. The zero-order chi connectivity index (χ0) is 24.8. The Balaban J connectivity index is 1.55. The zero-order valence-electron chi connectivity index (χ0n) is 20.9. The summed E-state index contributed by atoms with van der Waals surface area (Å²) in [5.41, 5.74) is -0.551. The third-order valence-corrected chi connectivity index (χ3v) is 8.86. The molecule has 2 saturated heterocycles. The number of carbonyl (C=O) groups excluding carboxylic acids is 2. The molecule has 5 rings (SSSR count). The van der Waals surface area contributed by atoms with E-state index in [2.05, 4.69) is 50.4 Å². The standard InChI is InChI=1S/C29H37NO5/c1-18-9-7-13-22-26-28(3,35-26)19(2)25-23(17-20-10-5-4-6-11-20)30-27(33)29(22,25)34-24(32)14-8-12-21(31)16-15-18/h4-8,10-11,13-14,18-19,21-23,25-26,31H,9,12,15-17H2,1-3H3,(H,30,33)/t18-,19-,21-,22-,23-,25-,26-,28+,29+/m0/s1. The van der Waals surface area contributed by atoms with Gasteiger partial charge in [0.25, 0.3) is 5.91 Å². The first-order valence-electron chi connectivity index (χ1n) is 13.0. The molecule has 3 fully saturated rings. The molecule has 1 aliphatic carbocycles. The minimum Gasteiger partial charge on any atom is -0.445 e. The summed E-state index contributed by atoms with van der Waals surface area (Å²) >= 11 is 0. The van der Waals surface area contributed by atoms with Gasteiger partial charge >= 0.3 is 5.97 Å². The SMILES string of the molecule is C[C@H]1CC=C[C@H]2[C@@H]3O[C@]3(C)[C@@H](C)[C@H]3[C@H](Cc4ccccc4)NC(=O)[C@]32OC(=O)C=CC[C@H](O)CC1. The third kappa shape index (κ3) is 4.25. The van der Waals surface area contributed by atoms with Gasteiger partial charge in [-0.15, -0.1) is 0 Å². The molecule has 1 spiro atoms. The molecule has 0 radical (unpaired) electrons. The van der Waals surface area contributed by atoms with Gasteiger partial charge in [-0.2, -0.15) is 0 Å². The lowest BCUT2D eigenvalue weighted by Gasteiger charge is -2.45. The Hall–Kier alpha value is -2.44. The van der Waals surface area contributed by atoms with Crippen molar-refractivity contribution in [2.75, 3.05) is 0 Å². The van der Waals surface area contributed by atoms with Crippen LogP contribution in [0.2, 0.25) is 0 Å². The molecule has 188 valence electrons. The van der Waals surface area contributed by atoms with E-state index in [4.69, 9.17) is 9.47 Å². The molecule has 35 heavy (non-hydrogen) atoms. The topological polar surface area (TPSA) is 88.2 Å². The van der Waals surface area contributed by atoms with E-state index < -0.39 is 17.7 Å². The first kappa shape index (κ1) is 24.3. The van der Waals surface area contributed by atoms with Crippen LogP contribution in [-0.2, 0) is 25.5 Å². The third-order valence-electron chi connectivity index (χ3n) is 8.86. The molecular weight excluding hydrogens is 442 g/mol. The Morgan fingerprint density at radius 3 is 2.63 bits per heavy atom. The van der Waals surface area contributed by atoms with E-state index in [0.717, 1.165) is 18.4 Å². The van der Waals surface area contributed by atoms with Gasteiger partial charge in [-0.1, -0.05) is 62.4 Å². The summed E-state index contributed by atoms with van der Waals surface area (Å²) in [5.74, 6) is -0.947. The Morgan fingerprint density at radius 2 is 1.86 bits per heavy atom. The zero-order valence-corrected chi connectivity index (χ0v) is 20.9. The summed E-state index contributed by atoms with van der Waals surface area (Å²) in [6.07, 6.45) is 10.0. The van der Waals surface area contributed by atoms with Crippen molar-refractivity contribution >= 4 is 11.9 Å². The summed E-state index contributed by atoms with van der Waals surface area (Å²) in [5, 5.41) is 13.5. The van der Waals surface area contributed by atoms with Crippen molar-refractivity contribution in [3.63, 3.8) is 0 Å². The fourth-order valence-electron chi connectivity index (χ4n) is 6.70. The molecule has 1 amide bonds. The van der Waals surface area contributed by atoms with E-state index >= 15 is 0 Å². The summed E-state index contributed by atoms with van der Waals surface area (Å²) in [4.78, 5) is 26.9. The summed E-state index contributed by atoms with van der Waals surface area (Å²) in [7, 11) is 0. The molecule has 3 aliphatic heterocycles. The second kappa shape index (κ2) is 9.21. The highest BCUT2D eigenvalue weighted by atomic mass is 16.6. The number of nitrogens with one attached hydrogen (secondary N) is 1. The maximum atomic E-state index is 13.8. The van der Waals surface area contributed by atoms with Crippen molar-refractivity contribution < 1.29 is 24.2 Å². The van der Waals surface area contributed by atoms with E-state index in [-0.39, 0.29) is 41.4 Å². The predicted molar refractivity (Wildman–Crippen MR) is 132 cm³/mol. The molecule has 0 aromatic heterocycles. The number of fused-ring (bicyclic) bond motifs is 2. The Labute approximate surface area is 207 Å². The van der Waals surface area contributed by atoms with Crippen LogP contribution in [0.3, 0.4) is 0 Å². The highest BCUT2D eigenvalue weighted by molar-refractivity contribution is 5.94. The average Bonchev–Trinajstić information content (AvgIpc) is 3.44. The number of amides is 1. The van der Waals surface area contributed by atoms with Gasteiger partial charge in [0.15, 0.2) is 0 Å². The quantitative estimate of drug-likeness (QED) is 0.383. The van der Waals surface area contributed by atoms with Crippen molar-refractivity contribution in [2.45, 2.75) is 82.3 Å². The number of hydrogen-bond donors (Lipinski definition) is 2. The number of carbonyl (C=O) groups is 2. The monoisotopic (exact) mass is 479 g/mol. The fourth-order valence-corrected chi connectivity index (χ4v) is 6.70. The lowest BCUT2D eigenvalue weighted by atomic mass is 9.59. The summed E-state index contributed by atoms with van der Waals surface area (Å²) in [6.45, 7) is 6.42. The molecule has 3 heterocycles. The summed E-state index contributed by atoms with van der Waals surface area (Å²) in [6, 6.07) is 9.94. The van der Waals surface area contributed by atoms with Gasteiger partial charge in [-0.3, -0.25) is 4.79 Å². The van der Waals surface area contributed by atoms with Crippen LogP contribution in [0, 0.1) is 23.7 Å². The number of benzene rings is 1. The Bertz CT molecular complexity index is 1020. The van der Waals surface area contributed by atoms with Gasteiger partial charge in [0, 0.05) is 18.0 Å². The molecular formula is C29H37NO5. The second-order valence-corrected chi connectivity index (χ2v) is 11.2. The first-order chi connectivity index (χ1) is 16.8. The fraction of sp³-hybridized carbons (Fsp3) is 0.586. The van der Waals surface area contributed by atoms with Gasteiger partial charge in [0.05, 0.1) is 23.7 Å². The number of esters is 1. The van der Waals surface area contributed by atoms with E-state index in [1.807, 2.05) is 18.2 Å². The maximum absolute atomic E-state index is 13.8. The van der Waals surface area contributed by atoms with Crippen LogP contribution < -0.4 is 5.32 Å². The van der Waals surface area contributed by atoms with Crippen molar-refractivity contribution in [1.82, 2.24) is 5.32 Å². The molecule has 1 aromatic carbocycles. The normalized spacial score (nSPS) is 43.3. The molecule has 2 N–H and O–H groups in total. The average molecular weight is 480 g/mol. The molecule has 0 unspecified atom stereocenters. The van der Waals surface area contributed by atoms with Crippen LogP contribution in [0.5, 0.6) is 0 Å². The van der Waals surface area contributed by atoms with Crippen LogP contribution in [0.25, 0.3) is 0 Å². The van der Waals surface area contributed by atoms with Crippen molar-refractivity contribution in [1.29, 1.82) is 0 Å². The minimum absolute atomic E-state index is 0.0150. The number of aliphatic hydroxyl groups excluding tert-OH is 1. The van der Waals surface area contributed by atoms with Gasteiger partial charge in [-0.05, 0) is 56.4 Å². The van der Waals surface area contributed by atoms with Crippen LogP contribution in [-0.4, -0.2) is 46.4 Å². The first-order valence-corrected chi connectivity index (χ1v) is 13.0. The van der Waals surface area contributed by atoms with Gasteiger partial charge < -0.3 is 19.9 Å². The predicted octanol–water partition coefficient (Wildman–Crippen LogP) is 3.73. The van der Waals surface area contributed by atoms with Crippen molar-refractivity contribution in [3.8, 4) is 0 Å². The van der Waals surface area contributed by atoms with Crippen LogP contribution >= 0.6 is 0 Å². The van der Waals surface area contributed by atoms with Crippen LogP contribution in [0.1, 0.15) is 52.0 Å². The van der Waals surface area contributed by atoms with Crippen molar-refractivity contribution in [3.05, 3.63) is 60.2 Å².